The fraction of sp³-hybridized carbons (Fsp3) is 0.136. The molecule has 0 aliphatic heterocycles. The number of nitrogens with one attached hydrogen (secondary N) is 1. The van der Waals surface area contributed by atoms with Gasteiger partial charge in [0.1, 0.15) is 5.82 Å². The van der Waals surface area contributed by atoms with E-state index in [1.165, 1.54) is 0 Å². The summed E-state index contributed by atoms with van der Waals surface area (Å²) >= 11 is 6.08. The smallest absolute Gasteiger partial charge is 0.256 e. The molecular weight excluding hydrogens is 386 g/mol. The minimum atomic E-state index is -0.205. The van der Waals surface area contributed by atoms with E-state index in [9.17, 15) is 4.79 Å². The number of halogens is 1. The van der Waals surface area contributed by atoms with Gasteiger partial charge in [-0.15, -0.1) is 0 Å². The molecule has 7 heteroatoms. The Morgan fingerprint density at radius 2 is 1.90 bits per heavy atom. The molecule has 1 N–H and O–H groups in total. The first-order chi connectivity index (χ1) is 14.0. The minimum Gasteiger partial charge on any atom is -0.306 e. The van der Waals surface area contributed by atoms with Gasteiger partial charge in [-0.25, -0.2) is 4.68 Å². The average molecular weight is 406 g/mol. The summed E-state index contributed by atoms with van der Waals surface area (Å²) in [4.78, 5) is 12.8. The van der Waals surface area contributed by atoms with Crippen LogP contribution in [0.4, 0.5) is 5.82 Å². The van der Waals surface area contributed by atoms with Crippen molar-refractivity contribution in [3.05, 3.63) is 94.4 Å². The molecule has 0 saturated heterocycles. The standard InChI is InChI=1S/C22H20ClN5O/c1-15-11-16(2)27(26-15)14-17-5-3-6-18(12-17)22(29)25-21-9-10-24-28(21)20-8-4-7-19(23)13-20/h3-13H,14H2,1-2H3,(H,25,29). The summed E-state index contributed by atoms with van der Waals surface area (Å²) in [5, 5.41) is 12.3. The molecule has 0 saturated carbocycles. The fourth-order valence-electron chi connectivity index (χ4n) is 3.22. The van der Waals surface area contributed by atoms with E-state index in [-0.39, 0.29) is 5.91 Å². The van der Waals surface area contributed by atoms with Gasteiger partial charge in [-0.2, -0.15) is 10.2 Å². The van der Waals surface area contributed by atoms with E-state index in [1.807, 2.05) is 54.9 Å². The maximum Gasteiger partial charge on any atom is 0.256 e. The Bertz CT molecular complexity index is 1180. The summed E-state index contributed by atoms with van der Waals surface area (Å²) < 4.78 is 3.57. The van der Waals surface area contributed by atoms with Gasteiger partial charge >= 0.3 is 0 Å². The molecule has 1 amide bonds. The topological polar surface area (TPSA) is 64.7 Å². The van der Waals surface area contributed by atoms with Gasteiger partial charge in [0.05, 0.1) is 24.1 Å². The number of nitrogens with zero attached hydrogens (tertiary/aromatic N) is 4. The Hall–Kier alpha value is -3.38. The molecule has 6 nitrogen and oxygen atoms in total. The highest BCUT2D eigenvalue weighted by Crippen LogP contribution is 2.19. The van der Waals surface area contributed by atoms with Gasteiger partial charge in [0, 0.05) is 22.3 Å². The number of benzene rings is 2. The molecule has 2 aromatic heterocycles. The Kier molecular flexibility index (Phi) is 5.18. The first-order valence-corrected chi connectivity index (χ1v) is 9.59. The van der Waals surface area contributed by atoms with E-state index < -0.39 is 0 Å². The zero-order chi connectivity index (χ0) is 20.4. The maximum absolute atomic E-state index is 12.8. The van der Waals surface area contributed by atoms with Gasteiger partial charge in [0.15, 0.2) is 0 Å². The third kappa shape index (κ3) is 4.22. The van der Waals surface area contributed by atoms with Crippen LogP contribution in [0.3, 0.4) is 0 Å². The molecule has 0 aliphatic carbocycles. The van der Waals surface area contributed by atoms with E-state index in [4.69, 9.17) is 11.6 Å². The normalized spacial score (nSPS) is 10.9. The monoisotopic (exact) mass is 405 g/mol. The first-order valence-electron chi connectivity index (χ1n) is 9.21. The quantitative estimate of drug-likeness (QED) is 0.526. The molecule has 0 unspecified atom stereocenters. The number of hydrogen-bond acceptors (Lipinski definition) is 3. The molecule has 29 heavy (non-hydrogen) atoms. The lowest BCUT2D eigenvalue weighted by molar-refractivity contribution is 0.102. The van der Waals surface area contributed by atoms with Gasteiger partial charge in [0.2, 0.25) is 0 Å². The Morgan fingerprint density at radius 3 is 2.66 bits per heavy atom. The average Bonchev–Trinajstić information content (AvgIpc) is 3.28. The summed E-state index contributed by atoms with van der Waals surface area (Å²) in [7, 11) is 0. The van der Waals surface area contributed by atoms with Crippen molar-refractivity contribution in [2.45, 2.75) is 20.4 Å². The predicted molar refractivity (Wildman–Crippen MR) is 114 cm³/mol. The molecule has 2 aromatic carbocycles. The number of aromatic nitrogens is 4. The number of carbonyl (C=O) groups is 1. The van der Waals surface area contributed by atoms with Crippen LogP contribution < -0.4 is 5.32 Å². The van der Waals surface area contributed by atoms with Gasteiger partial charge in [-0.05, 0) is 55.8 Å². The second kappa shape index (κ2) is 7.93. The van der Waals surface area contributed by atoms with Crippen LogP contribution in [0.1, 0.15) is 27.3 Å². The van der Waals surface area contributed by atoms with Crippen molar-refractivity contribution >= 4 is 23.3 Å². The van der Waals surface area contributed by atoms with Crippen molar-refractivity contribution in [1.29, 1.82) is 0 Å². The van der Waals surface area contributed by atoms with E-state index in [1.54, 1.807) is 35.1 Å². The number of anilines is 1. The van der Waals surface area contributed by atoms with E-state index in [0.29, 0.717) is 22.9 Å². The van der Waals surface area contributed by atoms with Crippen molar-refractivity contribution in [2.75, 3.05) is 5.32 Å². The van der Waals surface area contributed by atoms with Crippen molar-refractivity contribution in [3.63, 3.8) is 0 Å². The molecule has 2 heterocycles. The fourth-order valence-corrected chi connectivity index (χ4v) is 3.40. The zero-order valence-electron chi connectivity index (χ0n) is 16.1. The predicted octanol–water partition coefficient (Wildman–Crippen LogP) is 4.64. The molecule has 0 bridgehead atoms. The van der Waals surface area contributed by atoms with Crippen LogP contribution in [0.15, 0.2) is 66.9 Å². The second-order valence-electron chi connectivity index (χ2n) is 6.85. The lowest BCUT2D eigenvalue weighted by Gasteiger charge is -2.10. The van der Waals surface area contributed by atoms with Crippen LogP contribution in [-0.2, 0) is 6.54 Å². The van der Waals surface area contributed by atoms with Crippen molar-refractivity contribution in [2.24, 2.45) is 0 Å². The maximum atomic E-state index is 12.8. The Morgan fingerprint density at radius 1 is 1.07 bits per heavy atom. The van der Waals surface area contributed by atoms with Crippen LogP contribution in [-0.4, -0.2) is 25.5 Å². The first kappa shape index (κ1) is 19.0. The lowest BCUT2D eigenvalue weighted by atomic mass is 10.1. The van der Waals surface area contributed by atoms with Gasteiger partial charge in [0.25, 0.3) is 5.91 Å². The molecule has 0 fully saturated rings. The van der Waals surface area contributed by atoms with E-state index >= 15 is 0 Å². The number of rotatable bonds is 5. The summed E-state index contributed by atoms with van der Waals surface area (Å²) in [5.41, 5.74) is 4.42. The second-order valence-corrected chi connectivity index (χ2v) is 7.28. The summed E-state index contributed by atoms with van der Waals surface area (Å²) in [6.45, 7) is 4.60. The molecule has 4 rings (SSSR count). The van der Waals surface area contributed by atoms with E-state index in [0.717, 1.165) is 22.6 Å². The zero-order valence-corrected chi connectivity index (χ0v) is 16.9. The highest BCUT2D eigenvalue weighted by Gasteiger charge is 2.12. The summed E-state index contributed by atoms with van der Waals surface area (Å²) in [5.74, 6) is 0.366. The number of hydrogen-bond donors (Lipinski definition) is 1. The number of amides is 1. The highest BCUT2D eigenvalue weighted by molar-refractivity contribution is 6.30. The molecular formula is C22H20ClN5O. The molecule has 4 aromatic rings. The largest absolute Gasteiger partial charge is 0.306 e. The third-order valence-electron chi connectivity index (χ3n) is 4.56. The van der Waals surface area contributed by atoms with Crippen molar-refractivity contribution in [1.82, 2.24) is 19.6 Å². The van der Waals surface area contributed by atoms with Gasteiger partial charge in [-0.1, -0.05) is 29.8 Å². The van der Waals surface area contributed by atoms with Gasteiger partial charge in [-0.3, -0.25) is 9.48 Å². The van der Waals surface area contributed by atoms with Crippen LogP contribution in [0.2, 0.25) is 5.02 Å². The lowest BCUT2D eigenvalue weighted by Crippen LogP contribution is -2.15. The Labute approximate surface area is 173 Å². The SMILES string of the molecule is Cc1cc(C)n(Cc2cccc(C(=O)Nc3ccnn3-c3cccc(Cl)c3)c2)n1. The summed E-state index contributed by atoms with van der Waals surface area (Å²) in [6.07, 6.45) is 1.63. The van der Waals surface area contributed by atoms with Crippen LogP contribution in [0.25, 0.3) is 5.69 Å². The summed E-state index contributed by atoms with van der Waals surface area (Å²) in [6, 6.07) is 18.6. The van der Waals surface area contributed by atoms with Crippen LogP contribution in [0.5, 0.6) is 0 Å². The molecule has 0 atom stereocenters. The molecule has 0 spiro atoms. The molecule has 0 radical (unpaired) electrons. The molecule has 0 aliphatic rings. The number of carbonyl (C=O) groups excluding carboxylic acids is 1. The van der Waals surface area contributed by atoms with Crippen LogP contribution >= 0.6 is 11.6 Å². The minimum absolute atomic E-state index is 0.205. The van der Waals surface area contributed by atoms with Crippen LogP contribution in [0, 0.1) is 13.8 Å². The number of aryl methyl sites for hydroxylation is 2. The highest BCUT2D eigenvalue weighted by atomic mass is 35.5. The Balaban J connectivity index is 1.54. The van der Waals surface area contributed by atoms with Crippen molar-refractivity contribution in [3.8, 4) is 5.69 Å². The van der Waals surface area contributed by atoms with Crippen molar-refractivity contribution < 1.29 is 4.79 Å². The molecule has 146 valence electrons. The van der Waals surface area contributed by atoms with E-state index in [2.05, 4.69) is 15.5 Å². The third-order valence-corrected chi connectivity index (χ3v) is 4.80. The van der Waals surface area contributed by atoms with Gasteiger partial charge < -0.3 is 5.32 Å².